The van der Waals surface area contributed by atoms with Gasteiger partial charge in [-0.1, -0.05) is 26.7 Å². The Bertz CT molecular complexity index is 318. The Morgan fingerprint density at radius 1 is 1.60 bits per heavy atom. The van der Waals surface area contributed by atoms with Crippen LogP contribution in [0.4, 0.5) is 6.01 Å². The van der Waals surface area contributed by atoms with E-state index >= 15 is 0 Å². The minimum atomic E-state index is -1.07. The standard InChI is InChI=1S/C10H16N2O3/c1-3-7(4-2)5-11-10-12-8(6-15-10)9(13)14/h6-7H,3-5H2,1-2H3,(H,11,12)(H,13,14). The van der Waals surface area contributed by atoms with Gasteiger partial charge in [0, 0.05) is 6.54 Å². The lowest BCUT2D eigenvalue weighted by Crippen LogP contribution is -2.13. The molecule has 1 heterocycles. The Morgan fingerprint density at radius 2 is 2.27 bits per heavy atom. The highest BCUT2D eigenvalue weighted by molar-refractivity contribution is 5.85. The molecule has 0 unspecified atom stereocenters. The molecule has 0 amide bonds. The van der Waals surface area contributed by atoms with E-state index in [2.05, 4.69) is 24.1 Å². The number of aromatic carboxylic acids is 1. The van der Waals surface area contributed by atoms with Gasteiger partial charge in [0.1, 0.15) is 6.26 Å². The maximum absolute atomic E-state index is 10.5. The molecule has 0 bridgehead atoms. The molecule has 0 radical (unpaired) electrons. The number of rotatable bonds is 6. The average Bonchev–Trinajstić information content (AvgIpc) is 2.68. The van der Waals surface area contributed by atoms with Gasteiger partial charge in [-0.15, -0.1) is 0 Å². The molecule has 0 aliphatic rings. The second kappa shape index (κ2) is 5.38. The first-order valence-electron chi connectivity index (χ1n) is 5.10. The van der Waals surface area contributed by atoms with E-state index in [9.17, 15) is 4.79 Å². The maximum atomic E-state index is 10.5. The van der Waals surface area contributed by atoms with Gasteiger partial charge >= 0.3 is 5.97 Å². The summed E-state index contributed by atoms with van der Waals surface area (Å²) in [6.07, 6.45) is 3.30. The molecule has 15 heavy (non-hydrogen) atoms. The molecule has 0 aliphatic heterocycles. The highest BCUT2D eigenvalue weighted by Crippen LogP contribution is 2.11. The largest absolute Gasteiger partial charge is 0.476 e. The van der Waals surface area contributed by atoms with Gasteiger partial charge in [-0.25, -0.2) is 4.79 Å². The molecule has 5 nitrogen and oxygen atoms in total. The zero-order chi connectivity index (χ0) is 11.3. The number of carbonyl (C=O) groups is 1. The fraction of sp³-hybridized carbons (Fsp3) is 0.600. The lowest BCUT2D eigenvalue weighted by atomic mass is 10.0. The van der Waals surface area contributed by atoms with Crippen LogP contribution in [0, 0.1) is 5.92 Å². The van der Waals surface area contributed by atoms with Crippen LogP contribution < -0.4 is 5.32 Å². The summed E-state index contributed by atoms with van der Waals surface area (Å²) in [4.78, 5) is 14.3. The molecule has 0 aromatic carbocycles. The summed E-state index contributed by atoms with van der Waals surface area (Å²) in [6.45, 7) is 4.99. The SMILES string of the molecule is CCC(CC)CNc1nc(C(=O)O)co1. The van der Waals surface area contributed by atoms with Crippen LogP contribution in [0.1, 0.15) is 37.2 Å². The molecular weight excluding hydrogens is 196 g/mol. The molecule has 0 fully saturated rings. The molecule has 0 saturated carbocycles. The van der Waals surface area contributed by atoms with Crippen molar-refractivity contribution in [1.82, 2.24) is 4.98 Å². The fourth-order valence-electron chi connectivity index (χ4n) is 1.26. The molecule has 2 N–H and O–H groups in total. The smallest absolute Gasteiger partial charge is 0.357 e. The van der Waals surface area contributed by atoms with Gasteiger partial charge in [0.15, 0.2) is 5.69 Å². The summed E-state index contributed by atoms with van der Waals surface area (Å²) in [7, 11) is 0. The Morgan fingerprint density at radius 3 is 2.73 bits per heavy atom. The van der Waals surface area contributed by atoms with Gasteiger partial charge in [-0.05, 0) is 5.92 Å². The van der Waals surface area contributed by atoms with Crippen molar-refractivity contribution in [3.63, 3.8) is 0 Å². The Balaban J connectivity index is 2.47. The quantitative estimate of drug-likeness (QED) is 0.756. The lowest BCUT2D eigenvalue weighted by Gasteiger charge is -2.11. The average molecular weight is 212 g/mol. The summed E-state index contributed by atoms with van der Waals surface area (Å²) in [5, 5.41) is 11.6. The molecule has 1 aromatic heterocycles. The number of carboxylic acid groups (broad SMARTS) is 1. The van der Waals surface area contributed by atoms with E-state index in [1.807, 2.05) is 0 Å². The van der Waals surface area contributed by atoms with Crippen LogP contribution in [0.25, 0.3) is 0 Å². The highest BCUT2D eigenvalue weighted by Gasteiger charge is 2.11. The molecule has 84 valence electrons. The van der Waals surface area contributed by atoms with Crippen molar-refractivity contribution in [2.75, 3.05) is 11.9 Å². The molecular formula is C10H16N2O3. The number of nitrogens with zero attached hydrogens (tertiary/aromatic N) is 1. The normalized spacial score (nSPS) is 10.6. The van der Waals surface area contributed by atoms with Gasteiger partial charge in [-0.2, -0.15) is 4.98 Å². The number of hydrogen-bond donors (Lipinski definition) is 2. The topological polar surface area (TPSA) is 75.4 Å². The van der Waals surface area contributed by atoms with E-state index in [1.165, 1.54) is 0 Å². The first-order chi connectivity index (χ1) is 7.17. The zero-order valence-electron chi connectivity index (χ0n) is 8.99. The van der Waals surface area contributed by atoms with Gasteiger partial charge in [0.05, 0.1) is 0 Å². The predicted octanol–water partition coefficient (Wildman–Crippen LogP) is 2.22. The van der Waals surface area contributed by atoms with Crippen molar-refractivity contribution in [1.29, 1.82) is 0 Å². The molecule has 5 heteroatoms. The third-order valence-electron chi connectivity index (χ3n) is 2.42. The minimum absolute atomic E-state index is 0.0675. The van der Waals surface area contributed by atoms with E-state index in [4.69, 9.17) is 9.52 Å². The van der Waals surface area contributed by atoms with Crippen molar-refractivity contribution in [2.45, 2.75) is 26.7 Å². The van der Waals surface area contributed by atoms with Crippen molar-refractivity contribution in [3.05, 3.63) is 12.0 Å². The molecule has 0 atom stereocenters. The number of oxazole rings is 1. The van der Waals surface area contributed by atoms with Crippen molar-refractivity contribution >= 4 is 12.0 Å². The zero-order valence-corrected chi connectivity index (χ0v) is 8.99. The van der Waals surface area contributed by atoms with Crippen LogP contribution in [0.5, 0.6) is 0 Å². The van der Waals surface area contributed by atoms with Gasteiger partial charge in [0.2, 0.25) is 0 Å². The second-order valence-electron chi connectivity index (χ2n) is 3.41. The molecule has 1 rings (SSSR count). The van der Waals surface area contributed by atoms with Crippen LogP contribution in [0.15, 0.2) is 10.7 Å². The van der Waals surface area contributed by atoms with Gasteiger partial charge in [0.25, 0.3) is 6.01 Å². The summed E-state index contributed by atoms with van der Waals surface area (Å²) in [5.74, 6) is -0.514. The van der Waals surface area contributed by atoms with E-state index < -0.39 is 5.97 Å². The third kappa shape index (κ3) is 3.27. The van der Waals surface area contributed by atoms with E-state index in [-0.39, 0.29) is 11.7 Å². The van der Waals surface area contributed by atoms with Gasteiger partial charge in [-0.3, -0.25) is 0 Å². The Hall–Kier alpha value is -1.52. The van der Waals surface area contributed by atoms with E-state index in [0.29, 0.717) is 5.92 Å². The summed E-state index contributed by atoms with van der Waals surface area (Å²) in [5.41, 5.74) is -0.0675. The van der Waals surface area contributed by atoms with Crippen molar-refractivity contribution in [2.24, 2.45) is 5.92 Å². The van der Waals surface area contributed by atoms with Crippen LogP contribution in [0.3, 0.4) is 0 Å². The van der Waals surface area contributed by atoms with Crippen molar-refractivity contribution < 1.29 is 14.3 Å². The van der Waals surface area contributed by atoms with E-state index in [0.717, 1.165) is 25.6 Å². The second-order valence-corrected chi connectivity index (χ2v) is 3.41. The third-order valence-corrected chi connectivity index (χ3v) is 2.42. The predicted molar refractivity (Wildman–Crippen MR) is 56.0 cm³/mol. The first-order valence-corrected chi connectivity index (χ1v) is 5.10. The molecule has 0 saturated heterocycles. The van der Waals surface area contributed by atoms with Gasteiger partial charge < -0.3 is 14.8 Å². The summed E-state index contributed by atoms with van der Waals surface area (Å²) >= 11 is 0. The van der Waals surface area contributed by atoms with Crippen LogP contribution in [-0.2, 0) is 0 Å². The first kappa shape index (κ1) is 11.6. The monoisotopic (exact) mass is 212 g/mol. The Kier molecular flexibility index (Phi) is 4.15. The summed E-state index contributed by atoms with van der Waals surface area (Å²) in [6, 6.07) is 0.277. The number of carboxylic acids is 1. The molecule has 0 aliphatic carbocycles. The summed E-state index contributed by atoms with van der Waals surface area (Å²) < 4.78 is 4.96. The van der Waals surface area contributed by atoms with Crippen LogP contribution in [-0.4, -0.2) is 22.6 Å². The number of aromatic nitrogens is 1. The van der Waals surface area contributed by atoms with Crippen molar-refractivity contribution in [3.8, 4) is 0 Å². The van der Waals surface area contributed by atoms with E-state index in [1.54, 1.807) is 0 Å². The molecule has 0 spiro atoms. The maximum Gasteiger partial charge on any atom is 0.357 e. The Labute approximate surface area is 88.5 Å². The fourth-order valence-corrected chi connectivity index (χ4v) is 1.26. The number of hydrogen-bond acceptors (Lipinski definition) is 4. The number of nitrogens with one attached hydrogen (secondary N) is 1. The number of anilines is 1. The molecule has 1 aromatic rings. The van der Waals surface area contributed by atoms with Crippen LogP contribution in [0.2, 0.25) is 0 Å². The minimum Gasteiger partial charge on any atom is -0.476 e. The highest BCUT2D eigenvalue weighted by atomic mass is 16.4. The van der Waals surface area contributed by atoms with Crippen LogP contribution >= 0.6 is 0 Å². The lowest BCUT2D eigenvalue weighted by molar-refractivity contribution is 0.0690.